The van der Waals surface area contributed by atoms with Crippen LogP contribution in [0.25, 0.3) is 0 Å². The highest BCUT2D eigenvalue weighted by Crippen LogP contribution is 2.32. The second kappa shape index (κ2) is 10.9. The normalized spacial score (nSPS) is 11.2. The van der Waals surface area contributed by atoms with Crippen molar-refractivity contribution in [3.63, 3.8) is 0 Å². The van der Waals surface area contributed by atoms with Gasteiger partial charge in [-0.1, -0.05) is 53.5 Å². The van der Waals surface area contributed by atoms with Gasteiger partial charge >= 0.3 is 0 Å². The first-order valence-corrected chi connectivity index (χ1v) is 12.4. The summed E-state index contributed by atoms with van der Waals surface area (Å²) in [7, 11) is -4.05. The molecule has 0 fully saturated rings. The van der Waals surface area contributed by atoms with Gasteiger partial charge in [-0.2, -0.15) is 0 Å². The summed E-state index contributed by atoms with van der Waals surface area (Å²) in [5, 5.41) is 3.18. The van der Waals surface area contributed by atoms with Gasteiger partial charge in [0, 0.05) is 5.02 Å². The fourth-order valence-electron chi connectivity index (χ4n) is 3.10. The number of anilines is 1. The van der Waals surface area contributed by atoms with Crippen molar-refractivity contribution in [3.05, 3.63) is 87.9 Å². The molecule has 0 aliphatic carbocycles. The van der Waals surface area contributed by atoms with Gasteiger partial charge in [0.05, 0.1) is 22.2 Å². The largest absolute Gasteiger partial charge is 0.491 e. The molecular formula is C24H24Cl2N2O4S. The molecule has 1 amide bonds. The van der Waals surface area contributed by atoms with Crippen LogP contribution >= 0.6 is 23.2 Å². The highest BCUT2D eigenvalue weighted by molar-refractivity contribution is 7.92. The second-order valence-corrected chi connectivity index (χ2v) is 10.1. The minimum Gasteiger partial charge on any atom is -0.491 e. The van der Waals surface area contributed by atoms with E-state index in [-0.39, 0.29) is 28.8 Å². The third kappa shape index (κ3) is 6.41. The number of hydrogen-bond acceptors (Lipinski definition) is 4. The molecule has 6 nitrogen and oxygen atoms in total. The Hall–Kier alpha value is -2.74. The molecule has 0 heterocycles. The summed E-state index contributed by atoms with van der Waals surface area (Å²) in [6.45, 7) is 3.90. The Morgan fingerprint density at radius 2 is 1.73 bits per heavy atom. The van der Waals surface area contributed by atoms with E-state index in [1.807, 2.05) is 32.0 Å². The van der Waals surface area contributed by atoms with Crippen molar-refractivity contribution in [3.8, 4) is 5.75 Å². The van der Waals surface area contributed by atoms with E-state index in [0.29, 0.717) is 5.02 Å². The topological polar surface area (TPSA) is 75.7 Å². The number of rotatable bonds is 9. The zero-order chi connectivity index (χ0) is 24.0. The van der Waals surface area contributed by atoms with E-state index in [2.05, 4.69) is 5.32 Å². The van der Waals surface area contributed by atoms with Crippen LogP contribution in [0.5, 0.6) is 5.75 Å². The van der Waals surface area contributed by atoms with Crippen molar-refractivity contribution in [2.24, 2.45) is 0 Å². The molecule has 0 radical (unpaired) electrons. The molecule has 0 saturated heterocycles. The van der Waals surface area contributed by atoms with Gasteiger partial charge in [0.1, 0.15) is 18.9 Å². The fourth-order valence-corrected chi connectivity index (χ4v) is 5.12. The number of carbonyl (C=O) groups excluding carboxylic acids is 1. The number of sulfonamides is 1. The molecule has 33 heavy (non-hydrogen) atoms. The summed E-state index contributed by atoms with van der Waals surface area (Å²) in [4.78, 5) is 12.7. The average Bonchev–Trinajstić information content (AvgIpc) is 2.78. The number of benzene rings is 3. The number of hydrogen-bond donors (Lipinski definition) is 1. The molecule has 0 aliphatic heterocycles. The Kier molecular flexibility index (Phi) is 8.24. The lowest BCUT2D eigenvalue weighted by molar-refractivity contribution is -0.119. The molecule has 0 aliphatic rings. The summed E-state index contributed by atoms with van der Waals surface area (Å²) in [5.41, 5.74) is 2.22. The van der Waals surface area contributed by atoms with Crippen molar-refractivity contribution in [2.75, 3.05) is 24.0 Å². The smallest absolute Gasteiger partial charge is 0.264 e. The van der Waals surface area contributed by atoms with Gasteiger partial charge in [-0.05, 0) is 61.4 Å². The van der Waals surface area contributed by atoms with Gasteiger partial charge in [-0.3, -0.25) is 9.10 Å². The SMILES string of the molecule is Cc1ccc(C)c(OCCNC(=O)CN(c2ccc(Cl)cc2Cl)S(=O)(=O)c2ccccc2)c1. The predicted molar refractivity (Wildman–Crippen MR) is 132 cm³/mol. The Labute approximate surface area is 204 Å². The average molecular weight is 507 g/mol. The number of ether oxygens (including phenoxy) is 1. The Morgan fingerprint density at radius 3 is 2.42 bits per heavy atom. The van der Waals surface area contributed by atoms with Gasteiger partial charge in [-0.25, -0.2) is 8.42 Å². The van der Waals surface area contributed by atoms with Gasteiger partial charge in [-0.15, -0.1) is 0 Å². The summed E-state index contributed by atoms with van der Waals surface area (Å²) >= 11 is 12.3. The van der Waals surface area contributed by atoms with Crippen molar-refractivity contribution in [1.82, 2.24) is 5.32 Å². The van der Waals surface area contributed by atoms with E-state index in [0.717, 1.165) is 21.2 Å². The molecule has 3 rings (SSSR count). The standard InChI is InChI=1S/C24H24Cl2N2O4S/c1-17-8-9-18(2)23(14-17)32-13-12-27-24(29)16-28(22-11-10-19(25)15-21(22)26)33(30,31)20-6-4-3-5-7-20/h3-11,14-15H,12-13,16H2,1-2H3,(H,27,29). The van der Waals surface area contributed by atoms with Gasteiger partial charge in [0.15, 0.2) is 0 Å². The second-order valence-electron chi connectivity index (χ2n) is 7.39. The third-order valence-corrected chi connectivity index (χ3v) is 7.13. The maximum atomic E-state index is 13.3. The summed E-state index contributed by atoms with van der Waals surface area (Å²) in [6.07, 6.45) is 0. The summed E-state index contributed by atoms with van der Waals surface area (Å²) < 4.78 is 33.4. The van der Waals surface area contributed by atoms with E-state index in [9.17, 15) is 13.2 Å². The minimum absolute atomic E-state index is 0.0436. The van der Waals surface area contributed by atoms with Gasteiger partial charge in [0.2, 0.25) is 5.91 Å². The van der Waals surface area contributed by atoms with Crippen LogP contribution in [-0.2, 0) is 14.8 Å². The van der Waals surface area contributed by atoms with Crippen molar-refractivity contribution < 1.29 is 17.9 Å². The van der Waals surface area contributed by atoms with Crippen molar-refractivity contribution in [1.29, 1.82) is 0 Å². The zero-order valence-electron chi connectivity index (χ0n) is 18.2. The Balaban J connectivity index is 1.73. The molecule has 3 aromatic carbocycles. The zero-order valence-corrected chi connectivity index (χ0v) is 20.5. The predicted octanol–water partition coefficient (Wildman–Crippen LogP) is 5.00. The first-order chi connectivity index (χ1) is 15.7. The van der Waals surface area contributed by atoms with Crippen LogP contribution in [0.1, 0.15) is 11.1 Å². The van der Waals surface area contributed by atoms with E-state index >= 15 is 0 Å². The van der Waals surface area contributed by atoms with Crippen LogP contribution < -0.4 is 14.4 Å². The fraction of sp³-hybridized carbons (Fsp3) is 0.208. The van der Waals surface area contributed by atoms with Gasteiger partial charge < -0.3 is 10.1 Å². The number of amides is 1. The highest BCUT2D eigenvalue weighted by Gasteiger charge is 2.28. The molecule has 3 aromatic rings. The molecule has 0 aromatic heterocycles. The summed E-state index contributed by atoms with van der Waals surface area (Å²) in [5.74, 6) is 0.246. The molecular weight excluding hydrogens is 483 g/mol. The molecule has 0 saturated carbocycles. The van der Waals surface area contributed by atoms with E-state index < -0.39 is 22.5 Å². The van der Waals surface area contributed by atoms with Crippen LogP contribution in [0.2, 0.25) is 10.0 Å². The third-order valence-electron chi connectivity index (χ3n) is 4.82. The van der Waals surface area contributed by atoms with Crippen LogP contribution in [0.3, 0.4) is 0 Å². The van der Waals surface area contributed by atoms with E-state index in [1.54, 1.807) is 18.2 Å². The maximum absolute atomic E-state index is 13.3. The van der Waals surface area contributed by atoms with Gasteiger partial charge in [0.25, 0.3) is 10.0 Å². The molecule has 9 heteroatoms. The molecule has 0 bridgehead atoms. The quantitative estimate of drug-likeness (QED) is 0.414. The highest BCUT2D eigenvalue weighted by atomic mass is 35.5. The number of carbonyl (C=O) groups is 1. The van der Waals surface area contributed by atoms with Crippen LogP contribution in [0, 0.1) is 13.8 Å². The first-order valence-electron chi connectivity index (χ1n) is 10.2. The molecule has 0 unspecified atom stereocenters. The minimum atomic E-state index is -4.05. The first kappa shape index (κ1) is 24.9. The molecule has 1 N–H and O–H groups in total. The Bertz CT molecular complexity index is 1230. The number of halogens is 2. The number of aryl methyl sites for hydroxylation is 2. The maximum Gasteiger partial charge on any atom is 0.264 e. The van der Waals surface area contributed by atoms with E-state index in [1.165, 1.54) is 30.3 Å². The Morgan fingerprint density at radius 1 is 1.00 bits per heavy atom. The van der Waals surface area contributed by atoms with Crippen molar-refractivity contribution >= 4 is 44.8 Å². The molecule has 174 valence electrons. The lowest BCUT2D eigenvalue weighted by Gasteiger charge is -2.25. The monoisotopic (exact) mass is 506 g/mol. The van der Waals surface area contributed by atoms with Crippen LogP contribution in [-0.4, -0.2) is 34.0 Å². The molecule has 0 spiro atoms. The van der Waals surface area contributed by atoms with Crippen LogP contribution in [0.4, 0.5) is 5.69 Å². The van der Waals surface area contributed by atoms with Crippen molar-refractivity contribution in [2.45, 2.75) is 18.7 Å². The molecule has 0 atom stereocenters. The summed E-state index contributed by atoms with van der Waals surface area (Å²) in [6, 6.07) is 18.2. The van der Waals surface area contributed by atoms with Crippen LogP contribution in [0.15, 0.2) is 71.6 Å². The lowest BCUT2D eigenvalue weighted by atomic mass is 10.1. The number of nitrogens with zero attached hydrogens (tertiary/aromatic N) is 1. The van der Waals surface area contributed by atoms with E-state index in [4.69, 9.17) is 27.9 Å². The number of nitrogens with one attached hydrogen (secondary N) is 1. The lowest BCUT2D eigenvalue weighted by Crippen LogP contribution is -2.42.